The van der Waals surface area contributed by atoms with Crippen LogP contribution in [0.3, 0.4) is 0 Å². The Hall–Kier alpha value is -2.16. The fraction of sp³-hybridized carbons (Fsp3) is 0.400. The van der Waals surface area contributed by atoms with E-state index in [4.69, 9.17) is 9.47 Å². The molecule has 0 aromatic heterocycles. The Morgan fingerprint density at radius 1 is 1.14 bits per heavy atom. The van der Waals surface area contributed by atoms with Crippen molar-refractivity contribution in [3.63, 3.8) is 0 Å². The van der Waals surface area contributed by atoms with Gasteiger partial charge in [0.05, 0.1) is 12.0 Å². The molecule has 3 rings (SSSR count). The van der Waals surface area contributed by atoms with E-state index in [0.29, 0.717) is 0 Å². The van der Waals surface area contributed by atoms with Gasteiger partial charge in [0.1, 0.15) is 11.9 Å². The summed E-state index contributed by atoms with van der Waals surface area (Å²) in [6, 6.07) is 10.9. The second kappa shape index (κ2) is 8.89. The molecule has 6 nitrogen and oxygen atoms in total. The highest BCUT2D eigenvalue weighted by atomic mass is 32.2. The van der Waals surface area contributed by atoms with Gasteiger partial charge in [0.25, 0.3) is 0 Å². The number of piperidine rings is 1. The third kappa shape index (κ3) is 5.21. The summed E-state index contributed by atoms with van der Waals surface area (Å²) in [6.45, 7) is 2.15. The first-order valence-electron chi connectivity index (χ1n) is 9.15. The van der Waals surface area contributed by atoms with Crippen LogP contribution in [0.1, 0.15) is 18.4 Å². The first-order valence-corrected chi connectivity index (χ1v) is 10.6. The number of halogens is 1. The van der Waals surface area contributed by atoms with Crippen molar-refractivity contribution in [1.82, 2.24) is 9.62 Å². The van der Waals surface area contributed by atoms with Gasteiger partial charge in [-0.2, -0.15) is 0 Å². The highest BCUT2D eigenvalue weighted by Gasteiger charge is 2.18. The van der Waals surface area contributed by atoms with Crippen LogP contribution in [0.25, 0.3) is 0 Å². The quantitative estimate of drug-likeness (QED) is 0.763. The summed E-state index contributed by atoms with van der Waals surface area (Å²) in [7, 11) is -0.398. The number of methoxy groups -OCH3 is 1. The Labute approximate surface area is 165 Å². The van der Waals surface area contributed by atoms with E-state index in [9.17, 15) is 12.8 Å². The molecule has 0 spiro atoms. The molecule has 0 saturated carbocycles. The van der Waals surface area contributed by atoms with Crippen molar-refractivity contribution in [2.75, 3.05) is 27.2 Å². The predicted octanol–water partition coefficient (Wildman–Crippen LogP) is 2.79. The summed E-state index contributed by atoms with van der Waals surface area (Å²) < 4.78 is 51.8. The Balaban J connectivity index is 1.57. The van der Waals surface area contributed by atoms with Gasteiger partial charge < -0.3 is 14.4 Å². The zero-order chi connectivity index (χ0) is 20.1. The highest BCUT2D eigenvalue weighted by Crippen LogP contribution is 2.22. The molecular weight excluding hydrogens is 383 g/mol. The van der Waals surface area contributed by atoms with E-state index in [1.54, 1.807) is 0 Å². The molecule has 1 aliphatic heterocycles. The van der Waals surface area contributed by atoms with Crippen molar-refractivity contribution in [3.05, 3.63) is 53.8 Å². The monoisotopic (exact) mass is 408 g/mol. The predicted molar refractivity (Wildman–Crippen MR) is 105 cm³/mol. The van der Waals surface area contributed by atoms with Crippen molar-refractivity contribution < 1.29 is 22.3 Å². The summed E-state index contributed by atoms with van der Waals surface area (Å²) in [5.41, 5.74) is 0.785. The summed E-state index contributed by atoms with van der Waals surface area (Å²) >= 11 is 0. The standard InChI is InChI=1S/C20H25FN2O4S/c1-23-11-9-17(10-12-23)27-16-5-3-15(4-6-16)14-22-28(24,25)18-7-8-20(26-2)19(21)13-18/h3-8,13,17,22H,9-12,14H2,1-2H3. The number of likely N-dealkylation sites (tertiary alicyclic amines) is 1. The zero-order valence-electron chi connectivity index (χ0n) is 16.0. The number of rotatable bonds is 7. The van der Waals surface area contributed by atoms with E-state index in [0.717, 1.165) is 43.3 Å². The number of nitrogens with zero attached hydrogens (tertiary/aromatic N) is 1. The molecule has 0 radical (unpaired) electrons. The number of hydrogen-bond donors (Lipinski definition) is 1. The molecule has 2 aromatic rings. The smallest absolute Gasteiger partial charge is 0.240 e. The van der Waals surface area contributed by atoms with Gasteiger partial charge in [-0.3, -0.25) is 0 Å². The molecule has 0 unspecified atom stereocenters. The van der Waals surface area contributed by atoms with Crippen LogP contribution in [0.5, 0.6) is 11.5 Å². The van der Waals surface area contributed by atoms with Crippen molar-refractivity contribution in [1.29, 1.82) is 0 Å². The van der Waals surface area contributed by atoms with Crippen molar-refractivity contribution in [3.8, 4) is 11.5 Å². The molecule has 0 atom stereocenters. The van der Waals surface area contributed by atoms with Crippen molar-refractivity contribution in [2.45, 2.75) is 30.4 Å². The van der Waals surface area contributed by atoms with Crippen LogP contribution >= 0.6 is 0 Å². The third-order valence-corrected chi connectivity index (χ3v) is 6.19. The molecule has 8 heteroatoms. The van der Waals surface area contributed by atoms with Gasteiger partial charge in [-0.05, 0) is 55.8 Å². The Morgan fingerprint density at radius 3 is 2.43 bits per heavy atom. The third-order valence-electron chi connectivity index (χ3n) is 4.79. The first-order chi connectivity index (χ1) is 13.4. The van der Waals surface area contributed by atoms with Gasteiger partial charge in [-0.15, -0.1) is 0 Å². The summed E-state index contributed by atoms with van der Waals surface area (Å²) in [5, 5.41) is 0. The van der Waals surface area contributed by atoms with Crippen LogP contribution in [0.15, 0.2) is 47.4 Å². The molecule has 1 heterocycles. The number of ether oxygens (including phenoxy) is 2. The van der Waals surface area contributed by atoms with Gasteiger partial charge in [-0.1, -0.05) is 12.1 Å². The number of nitrogens with one attached hydrogen (secondary N) is 1. The molecule has 1 N–H and O–H groups in total. The largest absolute Gasteiger partial charge is 0.494 e. The maximum absolute atomic E-state index is 13.8. The fourth-order valence-corrected chi connectivity index (χ4v) is 4.09. The van der Waals surface area contributed by atoms with E-state index < -0.39 is 15.8 Å². The highest BCUT2D eigenvalue weighted by molar-refractivity contribution is 7.89. The number of sulfonamides is 1. The van der Waals surface area contributed by atoms with Gasteiger partial charge in [0.15, 0.2) is 11.6 Å². The minimum absolute atomic E-state index is 0.000787. The van der Waals surface area contributed by atoms with Crippen LogP contribution in [0.2, 0.25) is 0 Å². The van der Waals surface area contributed by atoms with E-state index in [1.165, 1.54) is 19.2 Å². The SMILES string of the molecule is COc1ccc(S(=O)(=O)NCc2ccc(OC3CCN(C)CC3)cc2)cc1F. The fourth-order valence-electron chi connectivity index (χ4n) is 3.06. The summed E-state index contributed by atoms with van der Waals surface area (Å²) in [6.07, 6.45) is 2.21. The molecule has 28 heavy (non-hydrogen) atoms. The van der Waals surface area contributed by atoms with Gasteiger partial charge in [-0.25, -0.2) is 17.5 Å². The maximum atomic E-state index is 13.8. The van der Waals surface area contributed by atoms with E-state index >= 15 is 0 Å². The lowest BCUT2D eigenvalue weighted by Crippen LogP contribution is -2.35. The summed E-state index contributed by atoms with van der Waals surface area (Å²) in [4.78, 5) is 2.14. The van der Waals surface area contributed by atoms with Crippen LogP contribution in [0.4, 0.5) is 4.39 Å². The molecular formula is C20H25FN2O4S. The van der Waals surface area contributed by atoms with Crippen molar-refractivity contribution in [2.24, 2.45) is 0 Å². The molecule has 0 bridgehead atoms. The topological polar surface area (TPSA) is 67.9 Å². The Bertz CT molecular complexity index is 895. The van der Waals surface area contributed by atoms with E-state index in [-0.39, 0.29) is 23.3 Å². The molecule has 0 amide bonds. The molecule has 1 saturated heterocycles. The minimum atomic E-state index is -3.83. The van der Waals surface area contributed by atoms with Crippen LogP contribution < -0.4 is 14.2 Å². The Kier molecular flexibility index (Phi) is 6.53. The summed E-state index contributed by atoms with van der Waals surface area (Å²) in [5.74, 6) is 0.0540. The first kappa shape index (κ1) is 20.6. The normalized spacial score (nSPS) is 16.1. The van der Waals surface area contributed by atoms with Gasteiger partial charge in [0.2, 0.25) is 10.0 Å². The average molecular weight is 408 g/mol. The number of hydrogen-bond acceptors (Lipinski definition) is 5. The van der Waals surface area contributed by atoms with Gasteiger partial charge in [0, 0.05) is 19.6 Å². The minimum Gasteiger partial charge on any atom is -0.494 e. The lowest BCUT2D eigenvalue weighted by Gasteiger charge is -2.29. The molecule has 1 fully saturated rings. The van der Waals surface area contributed by atoms with Crippen LogP contribution in [-0.4, -0.2) is 46.7 Å². The Morgan fingerprint density at radius 2 is 1.82 bits per heavy atom. The second-order valence-electron chi connectivity index (χ2n) is 6.89. The molecule has 2 aromatic carbocycles. The average Bonchev–Trinajstić information content (AvgIpc) is 2.69. The van der Waals surface area contributed by atoms with Crippen molar-refractivity contribution >= 4 is 10.0 Å². The van der Waals surface area contributed by atoms with Crippen LogP contribution in [0, 0.1) is 5.82 Å². The molecule has 1 aliphatic rings. The molecule has 0 aliphatic carbocycles. The second-order valence-corrected chi connectivity index (χ2v) is 8.65. The number of benzene rings is 2. The maximum Gasteiger partial charge on any atom is 0.240 e. The van der Waals surface area contributed by atoms with E-state index in [1.807, 2.05) is 24.3 Å². The van der Waals surface area contributed by atoms with Gasteiger partial charge >= 0.3 is 0 Å². The van der Waals surface area contributed by atoms with Crippen LogP contribution in [-0.2, 0) is 16.6 Å². The molecule has 152 valence electrons. The lowest BCUT2D eigenvalue weighted by atomic mass is 10.1. The zero-order valence-corrected chi connectivity index (χ0v) is 16.8. The lowest BCUT2D eigenvalue weighted by molar-refractivity contribution is 0.114. The van der Waals surface area contributed by atoms with E-state index in [2.05, 4.69) is 16.7 Å².